The number of amides is 4. The predicted octanol–water partition coefficient (Wildman–Crippen LogP) is 4.52. The molecule has 0 aliphatic heterocycles. The summed E-state index contributed by atoms with van der Waals surface area (Å²) in [7, 11) is 0. The molecule has 0 fully saturated rings. The molecule has 12 nitrogen and oxygen atoms in total. The van der Waals surface area contributed by atoms with Crippen LogP contribution in [0.4, 0.5) is 9.59 Å². The summed E-state index contributed by atoms with van der Waals surface area (Å²) in [4.78, 5) is 64.3. The van der Waals surface area contributed by atoms with Gasteiger partial charge in [0.05, 0.1) is 0 Å². The molecular formula is C37H46N4O8. The summed E-state index contributed by atoms with van der Waals surface area (Å²) in [5.74, 6) is -2.56. The fourth-order valence-electron chi connectivity index (χ4n) is 4.81. The summed E-state index contributed by atoms with van der Waals surface area (Å²) in [5.41, 5.74) is 1.57. The summed E-state index contributed by atoms with van der Waals surface area (Å²) >= 11 is 0. The molecule has 0 heterocycles. The Kier molecular flexibility index (Phi) is 15.1. The van der Waals surface area contributed by atoms with Crippen LogP contribution in [0, 0.1) is 0 Å². The second kappa shape index (κ2) is 19.4. The summed E-state index contributed by atoms with van der Waals surface area (Å²) in [6, 6.07) is 23.4. The third-order valence-electron chi connectivity index (χ3n) is 7.22. The van der Waals surface area contributed by atoms with Gasteiger partial charge in [0.1, 0.15) is 30.3 Å². The van der Waals surface area contributed by atoms with E-state index in [0.717, 1.165) is 16.7 Å². The van der Waals surface area contributed by atoms with Crippen LogP contribution >= 0.6 is 0 Å². The number of alkyl carbamates (subject to hydrolysis) is 2. The molecule has 49 heavy (non-hydrogen) atoms. The summed E-state index contributed by atoms with van der Waals surface area (Å²) < 4.78 is 10.6. The van der Waals surface area contributed by atoms with Crippen LogP contribution in [0.25, 0.3) is 0 Å². The topological polar surface area (TPSA) is 172 Å². The van der Waals surface area contributed by atoms with Gasteiger partial charge in [0.25, 0.3) is 0 Å². The molecule has 0 radical (unpaired) electrons. The number of ether oxygens (including phenoxy) is 2. The number of nitrogens with one attached hydrogen (secondary N) is 4. The average molecular weight is 675 g/mol. The highest BCUT2D eigenvalue weighted by atomic mass is 16.6. The van der Waals surface area contributed by atoms with E-state index in [4.69, 9.17) is 9.47 Å². The van der Waals surface area contributed by atoms with Crippen molar-refractivity contribution in [1.29, 1.82) is 0 Å². The zero-order valence-corrected chi connectivity index (χ0v) is 28.1. The predicted molar refractivity (Wildman–Crippen MR) is 183 cm³/mol. The minimum Gasteiger partial charge on any atom is -0.480 e. The number of aliphatic carboxylic acids is 1. The lowest BCUT2D eigenvalue weighted by molar-refractivity contribution is -0.142. The van der Waals surface area contributed by atoms with E-state index >= 15 is 0 Å². The van der Waals surface area contributed by atoms with E-state index in [2.05, 4.69) is 21.3 Å². The maximum atomic E-state index is 13.7. The first-order chi connectivity index (χ1) is 23.4. The first-order valence-electron chi connectivity index (χ1n) is 16.2. The molecular weight excluding hydrogens is 628 g/mol. The van der Waals surface area contributed by atoms with Crippen LogP contribution in [0.3, 0.4) is 0 Å². The highest BCUT2D eigenvalue weighted by Gasteiger charge is 2.30. The molecule has 3 rings (SSSR count). The molecule has 0 saturated heterocycles. The number of carbonyl (C=O) groups is 5. The maximum Gasteiger partial charge on any atom is 0.408 e. The number of hydrogen-bond acceptors (Lipinski definition) is 7. The van der Waals surface area contributed by atoms with E-state index in [1.165, 1.54) is 0 Å². The summed E-state index contributed by atoms with van der Waals surface area (Å²) in [5, 5.41) is 20.5. The van der Waals surface area contributed by atoms with Gasteiger partial charge in [-0.05, 0) is 56.7 Å². The van der Waals surface area contributed by atoms with Crippen LogP contribution in [-0.2, 0) is 43.3 Å². The minimum absolute atomic E-state index is 0.0160. The number of unbranched alkanes of at least 4 members (excludes halogenated alkanes) is 1. The van der Waals surface area contributed by atoms with Crippen LogP contribution in [0.2, 0.25) is 0 Å². The molecule has 0 saturated carbocycles. The Bertz CT molecular complexity index is 1500. The largest absolute Gasteiger partial charge is 0.480 e. The zero-order valence-electron chi connectivity index (χ0n) is 28.1. The second-order valence-corrected chi connectivity index (χ2v) is 12.5. The van der Waals surface area contributed by atoms with Gasteiger partial charge in [-0.25, -0.2) is 14.4 Å². The first-order valence-corrected chi connectivity index (χ1v) is 16.2. The van der Waals surface area contributed by atoms with Crippen molar-refractivity contribution in [3.8, 4) is 0 Å². The maximum absolute atomic E-state index is 13.7. The molecule has 5 N–H and O–H groups in total. The number of carboxylic acids is 1. The highest BCUT2D eigenvalue weighted by Crippen LogP contribution is 2.10. The quantitative estimate of drug-likeness (QED) is 0.130. The fourth-order valence-corrected chi connectivity index (χ4v) is 4.81. The monoisotopic (exact) mass is 674 g/mol. The number of benzene rings is 3. The second-order valence-electron chi connectivity index (χ2n) is 12.5. The van der Waals surface area contributed by atoms with Crippen LogP contribution in [0.5, 0.6) is 0 Å². The van der Waals surface area contributed by atoms with Crippen molar-refractivity contribution in [2.45, 2.75) is 83.2 Å². The SMILES string of the molecule is CC(C)(C)OC(=O)NCCCC[C@H](NC(=O)OCc1ccccc1)C(=O)N[C@@H](Cc1ccccc1)C(=O)N[C@@H](Cc1ccccc1)C(=O)O. The Morgan fingerprint density at radius 1 is 0.633 bits per heavy atom. The third-order valence-corrected chi connectivity index (χ3v) is 7.22. The van der Waals surface area contributed by atoms with Crippen molar-refractivity contribution >= 4 is 30.0 Å². The Morgan fingerprint density at radius 3 is 1.65 bits per heavy atom. The van der Waals surface area contributed by atoms with Crippen molar-refractivity contribution in [3.63, 3.8) is 0 Å². The molecule has 0 unspecified atom stereocenters. The lowest BCUT2D eigenvalue weighted by atomic mass is 10.0. The number of carboxylic acid groups (broad SMARTS) is 1. The molecule has 12 heteroatoms. The van der Waals surface area contributed by atoms with Crippen LogP contribution in [0.1, 0.15) is 56.7 Å². The normalized spacial score (nSPS) is 12.8. The number of hydrogen-bond donors (Lipinski definition) is 5. The van der Waals surface area contributed by atoms with Gasteiger partial charge < -0.3 is 35.8 Å². The lowest BCUT2D eigenvalue weighted by Gasteiger charge is -2.25. The zero-order chi connectivity index (χ0) is 35.6. The Balaban J connectivity index is 1.72. The molecule has 0 aliphatic carbocycles. The number of rotatable bonds is 17. The molecule has 0 aliphatic rings. The van der Waals surface area contributed by atoms with Gasteiger partial charge in [0, 0.05) is 19.4 Å². The molecule has 3 aromatic rings. The van der Waals surface area contributed by atoms with Gasteiger partial charge in [-0.2, -0.15) is 0 Å². The Hall–Kier alpha value is -5.39. The van der Waals surface area contributed by atoms with Crippen molar-refractivity contribution in [3.05, 3.63) is 108 Å². The average Bonchev–Trinajstić information content (AvgIpc) is 3.06. The molecule has 3 aromatic carbocycles. The molecule has 262 valence electrons. The fraction of sp³-hybridized carbons (Fsp3) is 0.378. The first kappa shape index (κ1) is 38.1. The number of carbonyl (C=O) groups excluding carboxylic acids is 4. The third kappa shape index (κ3) is 14.9. The van der Waals surface area contributed by atoms with Crippen molar-refractivity contribution in [2.24, 2.45) is 0 Å². The lowest BCUT2D eigenvalue weighted by Crippen LogP contribution is -2.56. The van der Waals surface area contributed by atoms with E-state index in [1.54, 1.807) is 81.4 Å². The van der Waals surface area contributed by atoms with Gasteiger partial charge in [0.2, 0.25) is 11.8 Å². The minimum atomic E-state index is -1.25. The summed E-state index contributed by atoms with van der Waals surface area (Å²) in [6.07, 6.45) is -0.227. The highest BCUT2D eigenvalue weighted by molar-refractivity contribution is 5.93. The Morgan fingerprint density at radius 2 is 1.12 bits per heavy atom. The van der Waals surface area contributed by atoms with E-state index in [9.17, 15) is 29.1 Å². The van der Waals surface area contributed by atoms with Crippen molar-refractivity contribution in [1.82, 2.24) is 21.3 Å². The molecule has 4 amide bonds. The van der Waals surface area contributed by atoms with E-state index < -0.39 is 53.7 Å². The van der Waals surface area contributed by atoms with Crippen molar-refractivity contribution in [2.75, 3.05) is 6.54 Å². The Labute approximate surface area is 287 Å². The van der Waals surface area contributed by atoms with Crippen LogP contribution < -0.4 is 21.3 Å². The summed E-state index contributed by atoms with van der Waals surface area (Å²) in [6.45, 7) is 5.54. The van der Waals surface area contributed by atoms with E-state index in [1.807, 2.05) is 30.3 Å². The smallest absolute Gasteiger partial charge is 0.408 e. The van der Waals surface area contributed by atoms with Gasteiger partial charge in [-0.1, -0.05) is 91.0 Å². The van der Waals surface area contributed by atoms with Crippen LogP contribution in [0.15, 0.2) is 91.0 Å². The van der Waals surface area contributed by atoms with Crippen molar-refractivity contribution < 1.29 is 38.6 Å². The molecule has 0 spiro atoms. The van der Waals surface area contributed by atoms with Gasteiger partial charge >= 0.3 is 18.2 Å². The molecule has 3 atom stereocenters. The van der Waals surface area contributed by atoms with E-state index in [0.29, 0.717) is 12.8 Å². The molecule has 0 bridgehead atoms. The standard InChI is InChI=1S/C37H46N4O8/c1-37(2,3)49-35(46)38-22-14-13-21-29(41-36(47)48-25-28-19-11-6-12-20-28)32(42)39-30(23-26-15-7-4-8-16-26)33(43)40-31(34(44)45)24-27-17-9-5-10-18-27/h4-12,15-20,29-31H,13-14,21-25H2,1-3H3,(H,38,46)(H,39,42)(H,40,43)(H,41,47)(H,44,45)/t29-,30-,31-/m0/s1. The van der Waals surface area contributed by atoms with Gasteiger partial charge in [-0.15, -0.1) is 0 Å². The van der Waals surface area contributed by atoms with Gasteiger partial charge in [0.15, 0.2) is 0 Å². The van der Waals surface area contributed by atoms with E-state index in [-0.39, 0.29) is 32.4 Å². The molecule has 0 aromatic heterocycles. The van der Waals surface area contributed by atoms with Gasteiger partial charge in [-0.3, -0.25) is 9.59 Å². The van der Waals surface area contributed by atoms with Crippen LogP contribution in [-0.4, -0.2) is 65.3 Å².